The van der Waals surface area contributed by atoms with E-state index in [1.807, 2.05) is 26.2 Å². The van der Waals surface area contributed by atoms with Crippen LogP contribution in [0.1, 0.15) is 32.8 Å². The monoisotopic (exact) mass is 390 g/mol. The van der Waals surface area contributed by atoms with Crippen LogP contribution < -0.4 is 10.0 Å². The second-order valence-corrected chi connectivity index (χ2v) is 9.58. The minimum absolute atomic E-state index is 0.0188. The lowest BCUT2D eigenvalue weighted by molar-refractivity contribution is 0.405. The molecule has 2 N–H and O–H groups in total. The van der Waals surface area contributed by atoms with Gasteiger partial charge in [0.1, 0.15) is 5.82 Å². The molecule has 0 spiro atoms. The van der Waals surface area contributed by atoms with Crippen LogP contribution in [0, 0.1) is 0 Å². The molecule has 0 saturated carbocycles. The number of pyridine rings is 1. The molecule has 1 aromatic heterocycles. The second-order valence-electron chi connectivity index (χ2n) is 7.90. The van der Waals surface area contributed by atoms with Gasteiger partial charge in [0, 0.05) is 6.54 Å². The van der Waals surface area contributed by atoms with Crippen LogP contribution in [0.3, 0.4) is 0 Å². The van der Waals surface area contributed by atoms with E-state index in [-0.39, 0.29) is 10.3 Å². The topological polar surface area (TPSA) is 74.3 Å². The molecule has 7 heteroatoms. The van der Waals surface area contributed by atoms with Crippen LogP contribution >= 0.6 is 0 Å². The summed E-state index contributed by atoms with van der Waals surface area (Å²) in [5.74, 6) is 0.728. The Balaban J connectivity index is 1.99. The average Bonchev–Trinajstić information content (AvgIpc) is 2.59. The van der Waals surface area contributed by atoms with Gasteiger partial charge in [-0.3, -0.25) is 4.72 Å². The molecule has 6 nitrogen and oxygen atoms in total. The van der Waals surface area contributed by atoms with Crippen LogP contribution in [-0.4, -0.2) is 45.5 Å². The van der Waals surface area contributed by atoms with E-state index >= 15 is 0 Å². The summed E-state index contributed by atoms with van der Waals surface area (Å²) in [7, 11) is 0.440. The first-order chi connectivity index (χ1) is 12.6. The van der Waals surface area contributed by atoms with Gasteiger partial charge < -0.3 is 10.2 Å². The highest BCUT2D eigenvalue weighted by molar-refractivity contribution is 7.92. The third-order valence-electron chi connectivity index (χ3n) is 4.13. The van der Waals surface area contributed by atoms with Crippen LogP contribution in [0.25, 0.3) is 0 Å². The van der Waals surface area contributed by atoms with E-state index < -0.39 is 10.0 Å². The summed E-state index contributed by atoms with van der Waals surface area (Å²) in [4.78, 5) is 6.63. The molecule has 0 aliphatic carbocycles. The van der Waals surface area contributed by atoms with Crippen molar-refractivity contribution in [2.24, 2.45) is 0 Å². The first-order valence-corrected chi connectivity index (χ1v) is 10.5. The third kappa shape index (κ3) is 6.52. The van der Waals surface area contributed by atoms with Crippen molar-refractivity contribution >= 4 is 21.5 Å². The van der Waals surface area contributed by atoms with Gasteiger partial charge in [-0.05, 0) is 62.3 Å². The van der Waals surface area contributed by atoms with Crippen molar-refractivity contribution in [2.75, 3.05) is 37.2 Å². The Morgan fingerprint density at radius 2 is 1.70 bits per heavy atom. The van der Waals surface area contributed by atoms with E-state index in [0.717, 1.165) is 30.9 Å². The van der Waals surface area contributed by atoms with Crippen LogP contribution in [0.15, 0.2) is 47.5 Å². The van der Waals surface area contributed by atoms with Crippen molar-refractivity contribution in [1.29, 1.82) is 0 Å². The number of nitrogens with one attached hydrogen (secondary N) is 2. The normalized spacial score (nSPS) is 12.2. The van der Waals surface area contributed by atoms with Crippen LogP contribution in [0.2, 0.25) is 0 Å². The summed E-state index contributed by atoms with van der Waals surface area (Å²) in [5, 5.41) is 3.23. The van der Waals surface area contributed by atoms with Gasteiger partial charge >= 0.3 is 0 Å². The second kappa shape index (κ2) is 8.71. The molecule has 0 amide bonds. The number of nitrogens with zero attached hydrogens (tertiary/aromatic N) is 2. The summed E-state index contributed by atoms with van der Waals surface area (Å²) in [6.07, 6.45) is 2.53. The van der Waals surface area contributed by atoms with Crippen LogP contribution in [-0.2, 0) is 15.4 Å². The zero-order chi connectivity index (χ0) is 20.1. The van der Waals surface area contributed by atoms with E-state index in [1.165, 1.54) is 6.20 Å². The minimum atomic E-state index is -3.63. The molecular weight excluding hydrogens is 360 g/mol. The molecule has 0 aliphatic heterocycles. The van der Waals surface area contributed by atoms with Gasteiger partial charge in [-0.15, -0.1) is 0 Å². The van der Waals surface area contributed by atoms with Gasteiger partial charge in [0.2, 0.25) is 0 Å². The van der Waals surface area contributed by atoms with Gasteiger partial charge in [0.25, 0.3) is 10.0 Å². The highest BCUT2D eigenvalue weighted by Gasteiger charge is 2.17. The maximum Gasteiger partial charge on any atom is 0.261 e. The molecule has 1 heterocycles. The summed E-state index contributed by atoms with van der Waals surface area (Å²) in [5.41, 5.74) is 1.51. The zero-order valence-electron chi connectivity index (χ0n) is 16.8. The summed E-state index contributed by atoms with van der Waals surface area (Å²) in [6, 6.07) is 10.5. The number of hydrogen-bond donors (Lipinski definition) is 2. The van der Waals surface area contributed by atoms with E-state index in [1.54, 1.807) is 24.3 Å². The predicted molar refractivity (Wildman–Crippen MR) is 112 cm³/mol. The lowest BCUT2D eigenvalue weighted by Crippen LogP contribution is -2.17. The van der Waals surface area contributed by atoms with Gasteiger partial charge in [-0.1, -0.05) is 32.9 Å². The van der Waals surface area contributed by atoms with E-state index in [4.69, 9.17) is 0 Å². The van der Waals surface area contributed by atoms with Gasteiger partial charge in [-0.25, -0.2) is 13.4 Å². The third-order valence-corrected chi connectivity index (χ3v) is 5.53. The fourth-order valence-electron chi connectivity index (χ4n) is 2.52. The van der Waals surface area contributed by atoms with Crippen molar-refractivity contribution in [1.82, 2.24) is 9.88 Å². The molecule has 1 aromatic carbocycles. The van der Waals surface area contributed by atoms with Crippen LogP contribution in [0.4, 0.5) is 11.5 Å². The Labute approximate surface area is 163 Å². The van der Waals surface area contributed by atoms with Gasteiger partial charge in [-0.2, -0.15) is 0 Å². The molecule has 0 bridgehead atoms. The first-order valence-electron chi connectivity index (χ1n) is 9.06. The Hall–Kier alpha value is -2.12. The maximum absolute atomic E-state index is 12.6. The standard InChI is InChI=1S/C20H30N4O2S/c1-20(2,3)16-7-10-18(11-8-16)27(25,26)23-17-9-12-19(22-15-17)21-13-6-14-24(4)5/h7-12,15,23H,6,13-14H2,1-5H3,(H,21,22). The summed E-state index contributed by atoms with van der Waals surface area (Å²) < 4.78 is 27.7. The van der Waals surface area contributed by atoms with E-state index in [2.05, 4.69) is 40.7 Å². The molecule has 0 unspecified atom stereocenters. The Morgan fingerprint density at radius 3 is 2.22 bits per heavy atom. The fourth-order valence-corrected chi connectivity index (χ4v) is 3.56. The molecule has 0 fully saturated rings. The number of hydrogen-bond acceptors (Lipinski definition) is 5. The zero-order valence-corrected chi connectivity index (χ0v) is 17.6. The molecule has 0 radical (unpaired) electrons. The quantitative estimate of drug-likeness (QED) is 0.675. The lowest BCUT2D eigenvalue weighted by atomic mass is 9.87. The highest BCUT2D eigenvalue weighted by Crippen LogP contribution is 2.24. The lowest BCUT2D eigenvalue weighted by Gasteiger charge is -2.19. The van der Waals surface area contributed by atoms with Gasteiger partial charge in [0.05, 0.1) is 16.8 Å². The molecule has 0 aliphatic rings. The van der Waals surface area contributed by atoms with Crippen LogP contribution in [0.5, 0.6) is 0 Å². The summed E-state index contributed by atoms with van der Waals surface area (Å²) >= 11 is 0. The number of benzene rings is 1. The number of rotatable bonds is 8. The van der Waals surface area contributed by atoms with Crippen molar-refractivity contribution in [3.8, 4) is 0 Å². The van der Waals surface area contributed by atoms with Gasteiger partial charge in [0.15, 0.2) is 0 Å². The smallest absolute Gasteiger partial charge is 0.261 e. The SMILES string of the molecule is CN(C)CCCNc1ccc(NS(=O)(=O)c2ccc(C(C)(C)C)cc2)cn1. The van der Waals surface area contributed by atoms with Crippen molar-refractivity contribution < 1.29 is 8.42 Å². The number of aromatic nitrogens is 1. The highest BCUT2D eigenvalue weighted by atomic mass is 32.2. The fraction of sp³-hybridized carbons (Fsp3) is 0.450. The van der Waals surface area contributed by atoms with Crippen molar-refractivity contribution in [3.63, 3.8) is 0 Å². The number of sulfonamides is 1. The molecular formula is C20H30N4O2S. The van der Waals surface area contributed by atoms with Crippen molar-refractivity contribution in [2.45, 2.75) is 37.5 Å². The van der Waals surface area contributed by atoms with E-state index in [9.17, 15) is 8.42 Å². The molecule has 2 aromatic rings. The van der Waals surface area contributed by atoms with Crippen molar-refractivity contribution in [3.05, 3.63) is 48.2 Å². The molecule has 2 rings (SSSR count). The molecule has 0 atom stereocenters. The predicted octanol–water partition coefficient (Wildman–Crippen LogP) is 3.54. The Kier molecular flexibility index (Phi) is 6.84. The number of anilines is 2. The van der Waals surface area contributed by atoms with E-state index in [0.29, 0.717) is 5.69 Å². The molecule has 148 valence electrons. The Bertz CT molecular complexity index is 824. The minimum Gasteiger partial charge on any atom is -0.370 e. The summed E-state index contributed by atoms with van der Waals surface area (Å²) in [6.45, 7) is 8.10. The maximum atomic E-state index is 12.6. The molecule has 27 heavy (non-hydrogen) atoms. The average molecular weight is 391 g/mol. The first kappa shape index (κ1) is 21.2. The largest absolute Gasteiger partial charge is 0.370 e. The molecule has 0 saturated heterocycles. The Morgan fingerprint density at radius 1 is 1.04 bits per heavy atom.